The molecule has 1 N–H and O–H groups in total. The van der Waals surface area contributed by atoms with Gasteiger partial charge in [0.15, 0.2) is 0 Å². The highest BCUT2D eigenvalue weighted by Crippen LogP contribution is 2.28. The lowest BCUT2D eigenvalue weighted by Crippen LogP contribution is -2.25. The van der Waals surface area contributed by atoms with Gasteiger partial charge in [0, 0.05) is 25.4 Å². The molecule has 1 aromatic heterocycles. The van der Waals surface area contributed by atoms with Crippen LogP contribution in [-0.2, 0) is 17.8 Å². The molecule has 1 aliphatic rings. The third-order valence-electron chi connectivity index (χ3n) is 6.19. The zero-order chi connectivity index (χ0) is 22.3. The van der Waals surface area contributed by atoms with E-state index >= 15 is 0 Å². The Hall–Kier alpha value is -2.82. The smallest absolute Gasteiger partial charge is 0.223 e. The van der Waals surface area contributed by atoms with Crippen molar-refractivity contribution in [3.8, 4) is 5.75 Å². The van der Waals surface area contributed by atoms with Gasteiger partial charge in [-0.3, -0.25) is 4.79 Å². The number of fused-ring (bicyclic) bond motifs is 1. The number of aromatic nitrogens is 2. The topological polar surface area (TPSA) is 56.1 Å². The second-order valence-electron chi connectivity index (χ2n) is 9.02. The molecule has 0 unspecified atom stereocenters. The molecule has 1 heterocycles. The third kappa shape index (κ3) is 5.90. The van der Waals surface area contributed by atoms with Crippen molar-refractivity contribution in [3.05, 3.63) is 59.4 Å². The van der Waals surface area contributed by atoms with Gasteiger partial charge in [-0.25, -0.2) is 4.98 Å². The zero-order valence-corrected chi connectivity index (χ0v) is 19.4. The Bertz CT molecular complexity index is 1050. The Labute approximate surface area is 191 Å². The van der Waals surface area contributed by atoms with Gasteiger partial charge in [-0.2, -0.15) is 0 Å². The number of unbranched alkanes of at least 4 members (excludes halogenated alkanes) is 2. The molecule has 1 fully saturated rings. The SMILES string of the molecule is Cc1ccc(C)c(OCCCn2c(CCCCCNC(=O)C3CC3)nc3ccccc32)c1. The lowest BCUT2D eigenvalue weighted by Gasteiger charge is -2.12. The molecule has 4 rings (SSSR count). The highest BCUT2D eigenvalue weighted by molar-refractivity contribution is 5.80. The number of nitrogens with one attached hydrogen (secondary N) is 1. The molecule has 1 aliphatic carbocycles. The lowest BCUT2D eigenvalue weighted by molar-refractivity contribution is -0.122. The first kappa shape index (κ1) is 22.4. The summed E-state index contributed by atoms with van der Waals surface area (Å²) in [5.41, 5.74) is 4.67. The molecule has 0 bridgehead atoms. The van der Waals surface area contributed by atoms with Crippen LogP contribution < -0.4 is 10.1 Å². The van der Waals surface area contributed by atoms with Crippen LogP contribution in [0.4, 0.5) is 0 Å². The minimum atomic E-state index is 0.245. The lowest BCUT2D eigenvalue weighted by atomic mass is 10.1. The average Bonchev–Trinajstić information content (AvgIpc) is 3.58. The summed E-state index contributed by atoms with van der Waals surface area (Å²) in [6, 6.07) is 14.7. The molecule has 0 saturated heterocycles. The van der Waals surface area contributed by atoms with Crippen molar-refractivity contribution in [3.63, 3.8) is 0 Å². The van der Waals surface area contributed by atoms with E-state index in [0.717, 1.165) is 75.1 Å². The summed E-state index contributed by atoms with van der Waals surface area (Å²) in [5, 5.41) is 3.06. The first-order chi connectivity index (χ1) is 15.6. The Morgan fingerprint density at radius 1 is 1.09 bits per heavy atom. The van der Waals surface area contributed by atoms with Crippen molar-refractivity contribution in [1.29, 1.82) is 0 Å². The van der Waals surface area contributed by atoms with E-state index in [0.29, 0.717) is 12.5 Å². The van der Waals surface area contributed by atoms with E-state index in [9.17, 15) is 4.79 Å². The van der Waals surface area contributed by atoms with Crippen LogP contribution in [0.5, 0.6) is 5.75 Å². The Balaban J connectivity index is 1.27. The van der Waals surface area contributed by atoms with Gasteiger partial charge in [-0.1, -0.05) is 30.7 Å². The molecular formula is C27H35N3O2. The molecule has 0 spiro atoms. The van der Waals surface area contributed by atoms with Crippen molar-refractivity contribution in [2.24, 2.45) is 5.92 Å². The molecule has 0 radical (unpaired) electrons. The van der Waals surface area contributed by atoms with Gasteiger partial charge in [-0.05, 0) is 75.3 Å². The molecule has 0 atom stereocenters. The summed E-state index contributed by atoms with van der Waals surface area (Å²) < 4.78 is 8.42. The van der Waals surface area contributed by atoms with Crippen molar-refractivity contribution >= 4 is 16.9 Å². The predicted octanol–water partition coefficient (Wildman–Crippen LogP) is 5.36. The predicted molar refractivity (Wildman–Crippen MR) is 129 cm³/mol. The monoisotopic (exact) mass is 433 g/mol. The fourth-order valence-corrected chi connectivity index (χ4v) is 4.12. The van der Waals surface area contributed by atoms with Crippen molar-refractivity contribution in [1.82, 2.24) is 14.9 Å². The third-order valence-corrected chi connectivity index (χ3v) is 6.19. The van der Waals surface area contributed by atoms with Crippen molar-refractivity contribution in [2.45, 2.75) is 65.3 Å². The molecule has 32 heavy (non-hydrogen) atoms. The van der Waals surface area contributed by atoms with Gasteiger partial charge in [0.2, 0.25) is 5.91 Å². The van der Waals surface area contributed by atoms with E-state index in [4.69, 9.17) is 9.72 Å². The van der Waals surface area contributed by atoms with E-state index in [2.05, 4.69) is 66.2 Å². The molecule has 1 saturated carbocycles. The zero-order valence-electron chi connectivity index (χ0n) is 19.4. The summed E-state index contributed by atoms with van der Waals surface area (Å²) in [6.07, 6.45) is 7.25. The second-order valence-corrected chi connectivity index (χ2v) is 9.02. The minimum absolute atomic E-state index is 0.245. The molecular weight excluding hydrogens is 398 g/mol. The molecule has 2 aromatic carbocycles. The fraction of sp³-hybridized carbons (Fsp3) is 0.481. The van der Waals surface area contributed by atoms with Gasteiger partial charge in [0.05, 0.1) is 17.6 Å². The van der Waals surface area contributed by atoms with Gasteiger partial charge in [-0.15, -0.1) is 0 Å². The van der Waals surface area contributed by atoms with E-state index in [1.54, 1.807) is 0 Å². The molecule has 5 nitrogen and oxygen atoms in total. The summed E-state index contributed by atoms with van der Waals surface area (Å²) in [5.74, 6) is 2.68. The molecule has 170 valence electrons. The first-order valence-electron chi connectivity index (χ1n) is 12.0. The van der Waals surface area contributed by atoms with Gasteiger partial charge >= 0.3 is 0 Å². The molecule has 0 aliphatic heterocycles. The van der Waals surface area contributed by atoms with Gasteiger partial charge in [0.1, 0.15) is 11.6 Å². The number of benzene rings is 2. The number of carbonyl (C=O) groups is 1. The van der Waals surface area contributed by atoms with Crippen LogP contribution in [0.25, 0.3) is 11.0 Å². The van der Waals surface area contributed by atoms with Crippen LogP contribution in [-0.4, -0.2) is 28.6 Å². The van der Waals surface area contributed by atoms with Crippen molar-refractivity contribution < 1.29 is 9.53 Å². The van der Waals surface area contributed by atoms with Crippen molar-refractivity contribution in [2.75, 3.05) is 13.2 Å². The van der Waals surface area contributed by atoms with E-state index in [-0.39, 0.29) is 5.91 Å². The number of aryl methyl sites for hydroxylation is 4. The number of para-hydroxylation sites is 2. The maximum atomic E-state index is 11.7. The molecule has 1 amide bonds. The Morgan fingerprint density at radius 3 is 2.78 bits per heavy atom. The number of hydrogen-bond acceptors (Lipinski definition) is 3. The molecule has 3 aromatic rings. The van der Waals surface area contributed by atoms with Crippen LogP contribution in [0.3, 0.4) is 0 Å². The number of imidazole rings is 1. The minimum Gasteiger partial charge on any atom is -0.493 e. The Kier molecular flexibility index (Phi) is 7.46. The standard InChI is InChI=1S/C27H35N3O2/c1-20-12-13-21(2)25(19-20)32-18-8-17-30-24-10-6-5-9-23(24)29-26(30)11-4-3-7-16-28-27(31)22-14-15-22/h5-6,9-10,12-13,19,22H,3-4,7-8,11,14-18H2,1-2H3,(H,28,31). The molecule has 5 heteroatoms. The largest absolute Gasteiger partial charge is 0.493 e. The highest BCUT2D eigenvalue weighted by atomic mass is 16.5. The summed E-state index contributed by atoms with van der Waals surface area (Å²) >= 11 is 0. The first-order valence-corrected chi connectivity index (χ1v) is 12.0. The van der Waals surface area contributed by atoms with Crippen LogP contribution in [0, 0.1) is 19.8 Å². The Morgan fingerprint density at radius 2 is 1.94 bits per heavy atom. The quantitative estimate of drug-likeness (QED) is 0.391. The maximum absolute atomic E-state index is 11.7. The maximum Gasteiger partial charge on any atom is 0.223 e. The normalized spacial score (nSPS) is 13.4. The number of ether oxygens (including phenoxy) is 1. The highest BCUT2D eigenvalue weighted by Gasteiger charge is 2.28. The summed E-state index contributed by atoms with van der Waals surface area (Å²) in [4.78, 5) is 16.6. The average molecular weight is 434 g/mol. The van der Waals surface area contributed by atoms with E-state index in [1.807, 2.05) is 0 Å². The number of hydrogen-bond donors (Lipinski definition) is 1. The van der Waals surface area contributed by atoms with Crippen LogP contribution in [0.2, 0.25) is 0 Å². The number of carbonyl (C=O) groups excluding carboxylic acids is 1. The van der Waals surface area contributed by atoms with Crippen LogP contribution in [0.15, 0.2) is 42.5 Å². The number of rotatable bonds is 12. The second kappa shape index (κ2) is 10.7. The van der Waals surface area contributed by atoms with Gasteiger partial charge in [0.25, 0.3) is 0 Å². The van der Waals surface area contributed by atoms with Gasteiger partial charge < -0.3 is 14.6 Å². The van der Waals surface area contributed by atoms with E-state index in [1.165, 1.54) is 16.6 Å². The fourth-order valence-electron chi connectivity index (χ4n) is 4.12. The van der Waals surface area contributed by atoms with Crippen LogP contribution >= 0.6 is 0 Å². The summed E-state index contributed by atoms with van der Waals surface area (Å²) in [7, 11) is 0. The number of nitrogens with zero attached hydrogens (tertiary/aromatic N) is 2. The number of amides is 1. The van der Waals surface area contributed by atoms with E-state index < -0.39 is 0 Å². The summed E-state index contributed by atoms with van der Waals surface area (Å²) in [6.45, 7) is 6.57. The van der Waals surface area contributed by atoms with Crippen LogP contribution in [0.1, 0.15) is 55.5 Å².